The Bertz CT molecular complexity index is 650. The molecule has 1 aromatic carbocycles. The van der Waals surface area contributed by atoms with E-state index in [0.717, 1.165) is 17.5 Å². The van der Waals surface area contributed by atoms with Gasteiger partial charge >= 0.3 is 0 Å². The summed E-state index contributed by atoms with van der Waals surface area (Å²) < 4.78 is 26.7. The number of nitrogens with zero attached hydrogens (tertiary/aromatic N) is 4. The number of azide groups is 1. The van der Waals surface area contributed by atoms with Crippen LogP contribution in [0.2, 0.25) is 0 Å². The third kappa shape index (κ3) is 2.95. The van der Waals surface area contributed by atoms with Crippen molar-refractivity contribution in [2.24, 2.45) is 5.11 Å². The molecule has 1 saturated heterocycles. The van der Waals surface area contributed by atoms with Crippen LogP contribution in [0.15, 0.2) is 28.2 Å². The lowest BCUT2D eigenvalue weighted by Crippen LogP contribution is -2.41. The quantitative estimate of drug-likeness (QED) is 0.487. The first-order chi connectivity index (χ1) is 9.45. The van der Waals surface area contributed by atoms with Crippen molar-refractivity contribution >= 4 is 10.0 Å². The Balaban J connectivity index is 2.32. The number of piperidine rings is 1. The molecule has 1 aliphatic rings. The van der Waals surface area contributed by atoms with Gasteiger partial charge in [0.1, 0.15) is 0 Å². The Morgan fingerprint density at radius 1 is 1.40 bits per heavy atom. The van der Waals surface area contributed by atoms with E-state index in [4.69, 9.17) is 5.53 Å². The van der Waals surface area contributed by atoms with Crippen molar-refractivity contribution in [3.8, 4) is 0 Å². The lowest BCUT2D eigenvalue weighted by Gasteiger charge is -2.30. The zero-order chi connectivity index (χ0) is 14.8. The second kappa shape index (κ2) is 5.83. The van der Waals surface area contributed by atoms with E-state index in [1.54, 1.807) is 19.1 Å². The summed E-state index contributed by atoms with van der Waals surface area (Å²) in [5.74, 6) is 0. The maximum atomic E-state index is 12.7. The van der Waals surface area contributed by atoms with Gasteiger partial charge in [-0.25, -0.2) is 8.42 Å². The molecule has 1 fully saturated rings. The second-order valence-electron chi connectivity index (χ2n) is 5.13. The molecule has 108 valence electrons. The summed E-state index contributed by atoms with van der Waals surface area (Å²) in [5.41, 5.74) is 10.3. The van der Waals surface area contributed by atoms with Gasteiger partial charge in [-0.05, 0) is 43.9 Å². The maximum absolute atomic E-state index is 12.7. The summed E-state index contributed by atoms with van der Waals surface area (Å²) in [6, 6.07) is 5.04. The highest BCUT2D eigenvalue weighted by Crippen LogP contribution is 2.24. The highest BCUT2D eigenvalue weighted by Gasteiger charge is 2.30. The number of hydrogen-bond donors (Lipinski definition) is 0. The first kappa shape index (κ1) is 14.8. The van der Waals surface area contributed by atoms with Gasteiger partial charge in [-0.1, -0.05) is 22.8 Å². The fourth-order valence-electron chi connectivity index (χ4n) is 2.53. The van der Waals surface area contributed by atoms with Crippen LogP contribution in [-0.4, -0.2) is 31.9 Å². The predicted octanol–water partition coefficient (Wildman–Crippen LogP) is 2.77. The molecule has 1 aliphatic heterocycles. The molecule has 0 spiro atoms. The number of hydrogen-bond acceptors (Lipinski definition) is 3. The van der Waals surface area contributed by atoms with Gasteiger partial charge in [0.25, 0.3) is 0 Å². The molecule has 0 N–H and O–H groups in total. The molecule has 2 rings (SSSR count). The van der Waals surface area contributed by atoms with Crippen LogP contribution >= 0.6 is 0 Å². The molecule has 0 aromatic heterocycles. The zero-order valence-corrected chi connectivity index (χ0v) is 12.5. The van der Waals surface area contributed by atoms with E-state index >= 15 is 0 Å². The highest BCUT2D eigenvalue weighted by atomic mass is 32.2. The van der Waals surface area contributed by atoms with Crippen LogP contribution in [0.4, 0.5) is 0 Å². The summed E-state index contributed by atoms with van der Waals surface area (Å²) in [7, 11) is -3.51. The van der Waals surface area contributed by atoms with Crippen LogP contribution in [0.5, 0.6) is 0 Å². The van der Waals surface area contributed by atoms with Crippen LogP contribution in [-0.2, 0) is 10.0 Å². The van der Waals surface area contributed by atoms with Gasteiger partial charge in [-0.2, -0.15) is 4.31 Å². The first-order valence-electron chi connectivity index (χ1n) is 6.57. The smallest absolute Gasteiger partial charge is 0.207 e. The second-order valence-corrected chi connectivity index (χ2v) is 7.04. The minimum absolute atomic E-state index is 0.264. The van der Waals surface area contributed by atoms with Crippen LogP contribution in [0, 0.1) is 13.8 Å². The summed E-state index contributed by atoms with van der Waals surface area (Å²) in [5, 5.41) is 3.65. The molecule has 6 nitrogen and oxygen atoms in total. The van der Waals surface area contributed by atoms with Crippen LogP contribution in [0.3, 0.4) is 0 Å². The van der Waals surface area contributed by atoms with Crippen molar-refractivity contribution in [1.82, 2.24) is 4.31 Å². The molecule has 0 amide bonds. The normalized spacial score (nSPS) is 20.4. The van der Waals surface area contributed by atoms with E-state index < -0.39 is 10.0 Å². The number of rotatable bonds is 3. The van der Waals surface area contributed by atoms with Crippen molar-refractivity contribution in [3.63, 3.8) is 0 Å². The van der Waals surface area contributed by atoms with E-state index in [2.05, 4.69) is 10.0 Å². The van der Waals surface area contributed by atoms with E-state index in [1.165, 1.54) is 4.31 Å². The Hall–Kier alpha value is -1.56. The monoisotopic (exact) mass is 294 g/mol. The zero-order valence-electron chi connectivity index (χ0n) is 11.7. The average molecular weight is 294 g/mol. The molecular formula is C13H18N4O2S. The summed E-state index contributed by atoms with van der Waals surface area (Å²) in [4.78, 5) is 3.12. The number of sulfonamides is 1. The fourth-order valence-corrected chi connectivity index (χ4v) is 4.26. The summed E-state index contributed by atoms with van der Waals surface area (Å²) >= 11 is 0. The minimum Gasteiger partial charge on any atom is -0.207 e. The van der Waals surface area contributed by atoms with Gasteiger partial charge < -0.3 is 0 Å². The van der Waals surface area contributed by atoms with Crippen LogP contribution in [0.25, 0.3) is 10.4 Å². The van der Waals surface area contributed by atoms with Crippen LogP contribution < -0.4 is 0 Å². The van der Waals surface area contributed by atoms with Gasteiger partial charge in [0.2, 0.25) is 10.0 Å². The molecule has 0 bridgehead atoms. The molecule has 1 aromatic rings. The third-order valence-corrected chi connectivity index (χ3v) is 5.55. The molecule has 0 radical (unpaired) electrons. The number of aryl methyl sites for hydroxylation is 2. The molecule has 1 unspecified atom stereocenters. The lowest BCUT2D eigenvalue weighted by atomic mass is 10.1. The number of benzene rings is 1. The van der Waals surface area contributed by atoms with Crippen molar-refractivity contribution in [2.45, 2.75) is 37.6 Å². The van der Waals surface area contributed by atoms with E-state index in [9.17, 15) is 8.42 Å². The van der Waals surface area contributed by atoms with Gasteiger partial charge in [-0.3, -0.25) is 0 Å². The van der Waals surface area contributed by atoms with E-state index in [1.807, 2.05) is 13.0 Å². The average Bonchev–Trinajstić information content (AvgIpc) is 2.39. The van der Waals surface area contributed by atoms with Crippen molar-refractivity contribution in [1.29, 1.82) is 0 Å². The molecule has 0 aliphatic carbocycles. The highest BCUT2D eigenvalue weighted by molar-refractivity contribution is 7.89. The largest absolute Gasteiger partial charge is 0.243 e. The molecule has 1 atom stereocenters. The van der Waals surface area contributed by atoms with Gasteiger partial charge in [0.15, 0.2) is 0 Å². The molecule has 7 heteroatoms. The van der Waals surface area contributed by atoms with Gasteiger partial charge in [0.05, 0.1) is 10.9 Å². The SMILES string of the molecule is Cc1ccc(S(=O)(=O)N2CCCC(N=[N+]=[N-])C2)c(C)c1. The molecular weight excluding hydrogens is 276 g/mol. The summed E-state index contributed by atoms with van der Waals surface area (Å²) in [6.45, 7) is 4.48. The first-order valence-corrected chi connectivity index (χ1v) is 8.01. The molecule has 1 heterocycles. The lowest BCUT2D eigenvalue weighted by molar-refractivity contribution is 0.316. The Kier molecular flexibility index (Phi) is 4.32. The van der Waals surface area contributed by atoms with E-state index in [-0.39, 0.29) is 12.6 Å². The maximum Gasteiger partial charge on any atom is 0.243 e. The van der Waals surface area contributed by atoms with Crippen molar-refractivity contribution in [2.75, 3.05) is 13.1 Å². The van der Waals surface area contributed by atoms with Gasteiger partial charge in [0, 0.05) is 18.0 Å². The fraction of sp³-hybridized carbons (Fsp3) is 0.538. The Labute approximate surface area is 119 Å². The summed E-state index contributed by atoms with van der Waals surface area (Å²) in [6.07, 6.45) is 1.46. The van der Waals surface area contributed by atoms with Crippen molar-refractivity contribution in [3.05, 3.63) is 39.8 Å². The van der Waals surface area contributed by atoms with Gasteiger partial charge in [-0.15, -0.1) is 0 Å². The topological polar surface area (TPSA) is 86.1 Å². The third-order valence-electron chi connectivity index (χ3n) is 3.52. The Morgan fingerprint density at radius 2 is 2.15 bits per heavy atom. The molecule has 0 saturated carbocycles. The minimum atomic E-state index is -3.51. The van der Waals surface area contributed by atoms with Crippen molar-refractivity contribution < 1.29 is 8.42 Å². The van der Waals surface area contributed by atoms with E-state index in [0.29, 0.717) is 17.9 Å². The van der Waals surface area contributed by atoms with Crippen LogP contribution in [0.1, 0.15) is 24.0 Å². The Morgan fingerprint density at radius 3 is 2.80 bits per heavy atom. The molecule has 20 heavy (non-hydrogen) atoms. The predicted molar refractivity (Wildman–Crippen MR) is 76.8 cm³/mol. The standard InChI is InChI=1S/C13H18N4O2S/c1-10-5-6-13(11(2)8-10)20(18,19)17-7-3-4-12(9-17)15-16-14/h5-6,8,12H,3-4,7,9H2,1-2H3.